The molecule has 0 amide bonds. The number of allylic oxidation sites excluding steroid dienone is 2. The number of Topliss-reactive ketones (excluding diaryl/α,β-unsaturated/α-hetero) is 1. The number of carbonyl (C=O) groups is 1. The molecule has 2 aromatic carbocycles. The van der Waals surface area contributed by atoms with Gasteiger partial charge in [0.1, 0.15) is 0 Å². The second kappa shape index (κ2) is 6.32. The topological polar surface area (TPSA) is 41.5 Å². The summed E-state index contributed by atoms with van der Waals surface area (Å²) in [6.45, 7) is 4.39. The fraction of sp³-hybridized carbons (Fsp3) is 0.273. The molecule has 2 aromatic rings. The monoisotopic (exact) mass is 330 g/mol. The van der Waals surface area contributed by atoms with Gasteiger partial charge >= 0.3 is 0 Å². The van der Waals surface area contributed by atoms with E-state index in [-0.39, 0.29) is 11.7 Å². The van der Waals surface area contributed by atoms with Crippen LogP contribution in [-0.4, -0.2) is 12.0 Å². The number of hydrogen-bond acceptors (Lipinski definition) is 3. The van der Waals surface area contributed by atoms with Gasteiger partial charge in [0.2, 0.25) is 0 Å². The SMILES string of the molecule is CC(C)c1ccc(C2CC(=O)C3=C(C2)Nc2ccccc2N=C3)cc1. The summed E-state index contributed by atoms with van der Waals surface area (Å²) in [5, 5.41) is 3.45. The van der Waals surface area contributed by atoms with Gasteiger partial charge in [-0.15, -0.1) is 0 Å². The second-order valence-corrected chi connectivity index (χ2v) is 7.14. The summed E-state index contributed by atoms with van der Waals surface area (Å²) < 4.78 is 0. The Morgan fingerprint density at radius 1 is 1.04 bits per heavy atom. The normalized spacial score (nSPS) is 19.3. The zero-order valence-electron chi connectivity index (χ0n) is 14.6. The van der Waals surface area contributed by atoms with Gasteiger partial charge in [-0.3, -0.25) is 9.79 Å². The zero-order valence-corrected chi connectivity index (χ0v) is 14.6. The van der Waals surface area contributed by atoms with Crippen LogP contribution in [0.4, 0.5) is 11.4 Å². The van der Waals surface area contributed by atoms with Crippen molar-refractivity contribution in [2.24, 2.45) is 4.99 Å². The number of nitrogens with one attached hydrogen (secondary N) is 1. The number of rotatable bonds is 2. The highest BCUT2D eigenvalue weighted by Crippen LogP contribution is 2.38. The summed E-state index contributed by atoms with van der Waals surface area (Å²) in [4.78, 5) is 17.2. The van der Waals surface area contributed by atoms with Gasteiger partial charge in [0.15, 0.2) is 5.78 Å². The number of para-hydroxylation sites is 2. The minimum absolute atomic E-state index is 0.170. The summed E-state index contributed by atoms with van der Waals surface area (Å²) in [5.41, 5.74) is 6.13. The third-order valence-corrected chi connectivity index (χ3v) is 5.10. The fourth-order valence-corrected chi connectivity index (χ4v) is 3.58. The quantitative estimate of drug-likeness (QED) is 0.807. The first-order valence-corrected chi connectivity index (χ1v) is 8.88. The van der Waals surface area contributed by atoms with E-state index in [2.05, 4.69) is 48.4 Å². The van der Waals surface area contributed by atoms with Crippen molar-refractivity contribution in [1.29, 1.82) is 0 Å². The van der Waals surface area contributed by atoms with Gasteiger partial charge in [0, 0.05) is 18.3 Å². The maximum Gasteiger partial charge on any atom is 0.166 e. The molecule has 0 radical (unpaired) electrons. The van der Waals surface area contributed by atoms with Crippen molar-refractivity contribution in [3.63, 3.8) is 0 Å². The molecular weight excluding hydrogens is 308 g/mol. The number of hydrogen-bond donors (Lipinski definition) is 1. The Hall–Kier alpha value is -2.68. The minimum atomic E-state index is 0.170. The van der Waals surface area contributed by atoms with Crippen molar-refractivity contribution in [3.8, 4) is 0 Å². The van der Waals surface area contributed by atoms with E-state index in [1.807, 2.05) is 24.3 Å². The molecule has 0 aromatic heterocycles. The van der Waals surface area contributed by atoms with E-state index >= 15 is 0 Å². The van der Waals surface area contributed by atoms with Crippen molar-refractivity contribution in [2.75, 3.05) is 5.32 Å². The van der Waals surface area contributed by atoms with E-state index in [0.29, 0.717) is 12.3 Å². The number of carbonyl (C=O) groups excluding carboxylic acids is 1. The fourth-order valence-electron chi connectivity index (χ4n) is 3.58. The first kappa shape index (κ1) is 15.8. The average molecular weight is 330 g/mol. The van der Waals surface area contributed by atoms with Gasteiger partial charge in [-0.1, -0.05) is 50.2 Å². The van der Waals surface area contributed by atoms with Crippen LogP contribution in [0.1, 0.15) is 49.7 Å². The minimum Gasteiger partial charge on any atom is -0.356 e. The van der Waals surface area contributed by atoms with Crippen LogP contribution in [-0.2, 0) is 4.79 Å². The molecule has 0 fully saturated rings. The number of anilines is 1. The van der Waals surface area contributed by atoms with E-state index in [1.54, 1.807) is 6.21 Å². The van der Waals surface area contributed by atoms with Crippen molar-refractivity contribution in [1.82, 2.24) is 0 Å². The molecule has 1 atom stereocenters. The van der Waals surface area contributed by atoms with Crippen molar-refractivity contribution in [3.05, 3.63) is 70.9 Å². The van der Waals surface area contributed by atoms with Crippen LogP contribution in [0.15, 0.2) is 64.8 Å². The Kier molecular flexibility index (Phi) is 4.00. The van der Waals surface area contributed by atoms with Gasteiger partial charge in [-0.2, -0.15) is 0 Å². The maximum absolute atomic E-state index is 12.7. The molecule has 2 aliphatic rings. The van der Waals surface area contributed by atoms with E-state index in [0.717, 1.165) is 29.1 Å². The standard InChI is InChI=1S/C22H22N2O/c1-14(2)15-7-9-16(10-8-15)17-11-21-18(22(25)12-17)13-23-19-5-3-4-6-20(19)24-21/h3-10,13-14,17,24H,11-12H2,1-2H3. The number of ketones is 1. The van der Waals surface area contributed by atoms with E-state index in [1.165, 1.54) is 11.1 Å². The molecule has 0 saturated heterocycles. The van der Waals surface area contributed by atoms with Crippen LogP contribution in [0.5, 0.6) is 0 Å². The molecule has 1 heterocycles. The summed E-state index contributed by atoms with van der Waals surface area (Å²) >= 11 is 0. The molecule has 4 rings (SSSR count). The molecule has 0 bridgehead atoms. The first-order valence-electron chi connectivity index (χ1n) is 8.88. The highest BCUT2D eigenvalue weighted by Gasteiger charge is 2.29. The maximum atomic E-state index is 12.7. The van der Waals surface area contributed by atoms with Crippen LogP contribution in [0, 0.1) is 0 Å². The Balaban J connectivity index is 1.64. The lowest BCUT2D eigenvalue weighted by Crippen LogP contribution is -2.22. The Labute approximate surface area is 148 Å². The largest absolute Gasteiger partial charge is 0.356 e. The smallest absolute Gasteiger partial charge is 0.166 e. The lowest BCUT2D eigenvalue weighted by molar-refractivity contribution is -0.115. The van der Waals surface area contributed by atoms with Crippen LogP contribution < -0.4 is 5.32 Å². The van der Waals surface area contributed by atoms with Gasteiger partial charge in [-0.25, -0.2) is 0 Å². The predicted octanol–water partition coefficient (Wildman–Crippen LogP) is 5.34. The number of benzene rings is 2. The molecule has 1 aliphatic heterocycles. The van der Waals surface area contributed by atoms with Crippen molar-refractivity contribution < 1.29 is 4.79 Å². The number of nitrogens with zero attached hydrogens (tertiary/aromatic N) is 1. The molecule has 1 aliphatic carbocycles. The van der Waals surface area contributed by atoms with E-state index < -0.39 is 0 Å². The molecule has 1 N–H and O–H groups in total. The van der Waals surface area contributed by atoms with Crippen LogP contribution in [0.25, 0.3) is 0 Å². The summed E-state index contributed by atoms with van der Waals surface area (Å²) in [5.74, 6) is 0.912. The van der Waals surface area contributed by atoms with Crippen molar-refractivity contribution in [2.45, 2.75) is 38.5 Å². The third kappa shape index (κ3) is 3.02. The Bertz CT molecular complexity index is 875. The Morgan fingerprint density at radius 2 is 1.80 bits per heavy atom. The highest BCUT2D eigenvalue weighted by molar-refractivity contribution is 6.16. The molecule has 126 valence electrons. The number of aliphatic imine (C=N–C) groups is 1. The molecule has 0 spiro atoms. The van der Waals surface area contributed by atoms with Gasteiger partial charge < -0.3 is 5.32 Å². The van der Waals surface area contributed by atoms with Crippen LogP contribution in [0.3, 0.4) is 0 Å². The van der Waals surface area contributed by atoms with Gasteiger partial charge in [0.05, 0.1) is 16.9 Å². The Morgan fingerprint density at radius 3 is 2.56 bits per heavy atom. The lowest BCUT2D eigenvalue weighted by Gasteiger charge is -2.26. The summed E-state index contributed by atoms with van der Waals surface area (Å²) in [6, 6.07) is 16.6. The van der Waals surface area contributed by atoms with Crippen LogP contribution >= 0.6 is 0 Å². The molecule has 1 unspecified atom stereocenters. The zero-order chi connectivity index (χ0) is 17.4. The molecule has 0 saturated carbocycles. The third-order valence-electron chi connectivity index (χ3n) is 5.10. The summed E-state index contributed by atoms with van der Waals surface area (Å²) in [6.07, 6.45) is 3.11. The highest BCUT2D eigenvalue weighted by atomic mass is 16.1. The molecule has 25 heavy (non-hydrogen) atoms. The van der Waals surface area contributed by atoms with Crippen LogP contribution in [0.2, 0.25) is 0 Å². The number of fused-ring (bicyclic) bond motifs is 1. The summed E-state index contributed by atoms with van der Waals surface area (Å²) in [7, 11) is 0. The van der Waals surface area contributed by atoms with Gasteiger partial charge in [-0.05, 0) is 41.5 Å². The molecule has 3 nitrogen and oxygen atoms in total. The molecular formula is C22H22N2O. The molecule has 3 heteroatoms. The average Bonchev–Trinajstić information content (AvgIpc) is 2.81. The van der Waals surface area contributed by atoms with E-state index in [9.17, 15) is 4.79 Å². The predicted molar refractivity (Wildman–Crippen MR) is 103 cm³/mol. The second-order valence-electron chi connectivity index (χ2n) is 7.14. The first-order chi connectivity index (χ1) is 12.1. The van der Waals surface area contributed by atoms with Gasteiger partial charge in [0.25, 0.3) is 0 Å². The lowest BCUT2D eigenvalue weighted by atomic mass is 9.81. The van der Waals surface area contributed by atoms with Crippen molar-refractivity contribution >= 4 is 23.4 Å². The van der Waals surface area contributed by atoms with E-state index in [4.69, 9.17) is 0 Å².